The van der Waals surface area contributed by atoms with E-state index in [9.17, 15) is 9.18 Å². The lowest BCUT2D eigenvalue weighted by Crippen LogP contribution is -2.47. The Bertz CT molecular complexity index is 1630. The van der Waals surface area contributed by atoms with Crippen molar-refractivity contribution in [3.63, 3.8) is 0 Å². The molecule has 0 radical (unpaired) electrons. The lowest BCUT2D eigenvalue weighted by Gasteiger charge is -2.42. The second-order valence-corrected chi connectivity index (χ2v) is 12.4. The molecule has 3 aromatic heterocycles. The van der Waals surface area contributed by atoms with Crippen LogP contribution in [0.4, 0.5) is 8.78 Å². The van der Waals surface area contributed by atoms with Gasteiger partial charge in [0.25, 0.3) is 5.91 Å². The van der Waals surface area contributed by atoms with Gasteiger partial charge in [0.05, 0.1) is 24.8 Å². The van der Waals surface area contributed by atoms with Gasteiger partial charge in [0.1, 0.15) is 17.2 Å². The molecular weight excluding hydrogens is 554 g/mol. The van der Waals surface area contributed by atoms with E-state index in [2.05, 4.69) is 20.0 Å². The number of aromatic nitrogens is 4. The molecular formula is C32H36F2N6O3. The number of carbonyl (C=O) groups excluding carboxylic acids is 1. The molecule has 226 valence electrons. The molecule has 2 saturated heterocycles. The van der Waals surface area contributed by atoms with Gasteiger partial charge in [-0.3, -0.25) is 4.79 Å². The average molecular weight is 591 g/mol. The van der Waals surface area contributed by atoms with Gasteiger partial charge in [-0.15, -0.1) is 0 Å². The zero-order valence-electron chi connectivity index (χ0n) is 24.5. The second-order valence-electron chi connectivity index (χ2n) is 12.4. The number of aryl methyl sites for hydroxylation is 1. The predicted octanol–water partition coefficient (Wildman–Crippen LogP) is 5.21. The Morgan fingerprint density at radius 2 is 1.88 bits per heavy atom. The first-order valence-corrected chi connectivity index (χ1v) is 15.2. The van der Waals surface area contributed by atoms with E-state index in [1.54, 1.807) is 22.3 Å². The first kappa shape index (κ1) is 28.1. The van der Waals surface area contributed by atoms with Gasteiger partial charge >= 0.3 is 0 Å². The molecule has 2 aliphatic heterocycles. The highest BCUT2D eigenvalue weighted by atomic mass is 19.1. The summed E-state index contributed by atoms with van der Waals surface area (Å²) in [6, 6.07) is 6.02. The summed E-state index contributed by atoms with van der Waals surface area (Å²) in [6.07, 6.45) is 7.86. The number of morpholine rings is 1. The number of carbonyl (C=O) groups is 1. The Morgan fingerprint density at radius 3 is 2.63 bits per heavy atom. The van der Waals surface area contributed by atoms with E-state index in [-0.39, 0.29) is 23.4 Å². The van der Waals surface area contributed by atoms with E-state index < -0.39 is 11.8 Å². The highest BCUT2D eigenvalue weighted by molar-refractivity contribution is 6.03. The van der Waals surface area contributed by atoms with E-state index >= 15 is 4.39 Å². The van der Waals surface area contributed by atoms with Crippen molar-refractivity contribution < 1.29 is 22.8 Å². The first-order chi connectivity index (χ1) is 20.9. The van der Waals surface area contributed by atoms with Crippen molar-refractivity contribution in [3.8, 4) is 11.1 Å². The van der Waals surface area contributed by atoms with Crippen molar-refractivity contribution in [2.75, 3.05) is 39.4 Å². The van der Waals surface area contributed by atoms with Crippen LogP contribution in [0.1, 0.15) is 72.1 Å². The Balaban J connectivity index is 1.13. The fourth-order valence-electron chi connectivity index (χ4n) is 7.12. The minimum Gasteiger partial charge on any atom is -0.377 e. The van der Waals surface area contributed by atoms with Crippen LogP contribution >= 0.6 is 0 Å². The largest absolute Gasteiger partial charge is 0.377 e. The summed E-state index contributed by atoms with van der Waals surface area (Å²) in [5.74, 6) is 1.15. The normalized spacial score (nSPS) is 23.5. The van der Waals surface area contributed by atoms with Crippen LogP contribution in [0.2, 0.25) is 0 Å². The highest BCUT2D eigenvalue weighted by Crippen LogP contribution is 2.39. The molecule has 3 aliphatic rings. The molecule has 0 spiro atoms. The van der Waals surface area contributed by atoms with E-state index in [0.29, 0.717) is 54.1 Å². The van der Waals surface area contributed by atoms with Crippen LogP contribution in [0, 0.1) is 24.6 Å². The van der Waals surface area contributed by atoms with Crippen molar-refractivity contribution in [2.45, 2.75) is 57.4 Å². The number of likely N-dealkylation sites (tertiary alicyclic amines) is 1. The molecule has 5 heterocycles. The number of halogens is 2. The van der Waals surface area contributed by atoms with Crippen molar-refractivity contribution in [1.82, 2.24) is 29.3 Å². The van der Waals surface area contributed by atoms with Crippen LogP contribution in [0.15, 0.2) is 41.3 Å². The standard InChI is InChI=1S/C32H36F2N6O3/c1-19-17-42-10-9-39(19)32(41)28-12-25(33)7-8-26(28)27-11-23(16-40-20(2)37-30(34)29(27)40)24-14-38(15-24)13-21-3-5-22(6-4-21)31-35-18-36-43-31/h7-8,11-12,16,18-19,21-22,24H,3-6,9-10,13-15,17H2,1-2H3/t19-,21?,22?/m1/s1. The fourth-order valence-corrected chi connectivity index (χ4v) is 7.12. The van der Waals surface area contributed by atoms with E-state index in [1.165, 1.54) is 18.5 Å². The smallest absolute Gasteiger partial charge is 0.254 e. The van der Waals surface area contributed by atoms with Crippen LogP contribution in [0.5, 0.6) is 0 Å². The first-order valence-electron chi connectivity index (χ1n) is 15.2. The lowest BCUT2D eigenvalue weighted by molar-refractivity contribution is 0.00361. The third-order valence-electron chi connectivity index (χ3n) is 9.54. The average Bonchev–Trinajstić information content (AvgIpc) is 3.63. The summed E-state index contributed by atoms with van der Waals surface area (Å²) < 4.78 is 42.5. The molecule has 1 aromatic carbocycles. The number of benzene rings is 1. The van der Waals surface area contributed by atoms with Crippen LogP contribution in [-0.4, -0.2) is 80.7 Å². The summed E-state index contributed by atoms with van der Waals surface area (Å²) in [5, 5.41) is 3.76. The summed E-state index contributed by atoms with van der Waals surface area (Å²) in [5.41, 5.74) is 2.63. The number of hydrogen-bond donors (Lipinski definition) is 0. The Morgan fingerprint density at radius 1 is 1.07 bits per heavy atom. The summed E-state index contributed by atoms with van der Waals surface area (Å²) >= 11 is 0. The van der Waals surface area contributed by atoms with Crippen LogP contribution in [-0.2, 0) is 4.74 Å². The molecule has 1 aliphatic carbocycles. The van der Waals surface area contributed by atoms with Gasteiger partial charge < -0.3 is 23.5 Å². The SMILES string of the molecule is Cc1nc(F)c2c(-c3ccc(F)cc3C(=O)N3CCOC[C@H]3C)cc(C3CN(CC4CCC(c5ncno5)CC4)C3)cn12. The van der Waals surface area contributed by atoms with Gasteiger partial charge in [-0.25, -0.2) is 9.37 Å². The molecule has 0 N–H and O–H groups in total. The van der Waals surface area contributed by atoms with Crippen molar-refractivity contribution in [2.24, 2.45) is 5.92 Å². The van der Waals surface area contributed by atoms with Gasteiger partial charge in [-0.1, -0.05) is 11.2 Å². The number of rotatable bonds is 6. The number of fused-ring (bicyclic) bond motifs is 1. The van der Waals surface area contributed by atoms with Gasteiger partial charge in [0, 0.05) is 49.8 Å². The molecule has 1 atom stereocenters. The maximum Gasteiger partial charge on any atom is 0.254 e. The Kier molecular flexibility index (Phi) is 7.46. The number of pyridine rings is 1. The number of ether oxygens (including phenoxy) is 1. The molecule has 0 bridgehead atoms. The van der Waals surface area contributed by atoms with Gasteiger partial charge in [-0.2, -0.15) is 9.37 Å². The molecule has 9 nitrogen and oxygen atoms in total. The molecule has 4 aromatic rings. The molecule has 3 fully saturated rings. The monoisotopic (exact) mass is 590 g/mol. The second kappa shape index (κ2) is 11.4. The quantitative estimate of drug-likeness (QED) is 0.305. The summed E-state index contributed by atoms with van der Waals surface area (Å²) in [4.78, 5) is 26.3. The summed E-state index contributed by atoms with van der Waals surface area (Å²) in [6.45, 7) is 7.82. The van der Waals surface area contributed by atoms with E-state index in [4.69, 9.17) is 9.26 Å². The van der Waals surface area contributed by atoms with Gasteiger partial charge in [0.2, 0.25) is 11.8 Å². The van der Waals surface area contributed by atoms with Crippen LogP contribution < -0.4 is 0 Å². The predicted molar refractivity (Wildman–Crippen MR) is 155 cm³/mol. The highest BCUT2D eigenvalue weighted by Gasteiger charge is 2.34. The van der Waals surface area contributed by atoms with Gasteiger partial charge in [0.15, 0.2) is 6.33 Å². The molecule has 11 heteroatoms. The van der Waals surface area contributed by atoms with Crippen molar-refractivity contribution in [3.05, 3.63) is 71.4 Å². The Hall–Kier alpha value is -3.70. The fraction of sp³-hybridized carbons (Fsp3) is 0.500. The molecule has 1 saturated carbocycles. The van der Waals surface area contributed by atoms with Crippen molar-refractivity contribution in [1.29, 1.82) is 0 Å². The topological polar surface area (TPSA) is 89.0 Å². The number of imidazole rings is 1. The molecule has 43 heavy (non-hydrogen) atoms. The summed E-state index contributed by atoms with van der Waals surface area (Å²) in [7, 11) is 0. The molecule has 1 amide bonds. The van der Waals surface area contributed by atoms with Crippen LogP contribution in [0.25, 0.3) is 16.6 Å². The molecule has 7 rings (SSSR count). The maximum atomic E-state index is 15.3. The minimum atomic E-state index is -0.604. The van der Waals surface area contributed by atoms with Crippen LogP contribution in [0.3, 0.4) is 0 Å². The molecule has 0 unspecified atom stereocenters. The van der Waals surface area contributed by atoms with E-state index in [0.717, 1.165) is 56.8 Å². The zero-order valence-corrected chi connectivity index (χ0v) is 24.5. The Labute approximate surface area is 248 Å². The zero-order chi connectivity index (χ0) is 29.7. The third kappa shape index (κ3) is 5.33. The number of nitrogens with zero attached hydrogens (tertiary/aromatic N) is 6. The third-order valence-corrected chi connectivity index (χ3v) is 9.54. The van der Waals surface area contributed by atoms with Crippen molar-refractivity contribution >= 4 is 11.4 Å². The number of hydrogen-bond acceptors (Lipinski definition) is 7. The number of amides is 1. The van der Waals surface area contributed by atoms with E-state index in [1.807, 2.05) is 19.2 Å². The lowest BCUT2D eigenvalue weighted by atomic mass is 9.80. The van der Waals surface area contributed by atoms with Gasteiger partial charge in [-0.05, 0) is 74.8 Å². The maximum absolute atomic E-state index is 15.3. The minimum absolute atomic E-state index is 0.146.